The van der Waals surface area contributed by atoms with Gasteiger partial charge >= 0.3 is 41.3 Å². The van der Waals surface area contributed by atoms with Gasteiger partial charge in [-0.15, -0.1) is 0 Å². The molecule has 0 spiro atoms. The standard InChI is InChI=1S/C13H7F13O2/c1-2-5(27)28-7-3-8(16,17)13(25,26)9(18,12(7,23)24)11(21,22)6(15,4-14)10(7,19)20/h2H,1,3-4H2. The molecule has 28 heavy (non-hydrogen) atoms. The molecule has 3 atom stereocenters. The van der Waals surface area contributed by atoms with Crippen LogP contribution >= 0.6 is 0 Å². The van der Waals surface area contributed by atoms with E-state index >= 15 is 0 Å². The van der Waals surface area contributed by atoms with Crippen LogP contribution in [-0.2, 0) is 9.53 Å². The third-order valence-electron chi connectivity index (χ3n) is 4.86. The number of carbonyl (C=O) groups excluding carboxylic acids is 1. The summed E-state index contributed by atoms with van der Waals surface area (Å²) in [4.78, 5) is 11.1. The molecule has 0 amide bonds. The first-order valence-corrected chi connectivity index (χ1v) is 6.91. The second-order valence-corrected chi connectivity index (χ2v) is 6.22. The molecule has 0 aliphatic heterocycles. The lowest BCUT2D eigenvalue weighted by atomic mass is 9.53. The molecule has 2 nitrogen and oxygen atoms in total. The Balaban J connectivity index is 3.10. The van der Waals surface area contributed by atoms with Gasteiger partial charge in [-0.25, -0.2) is 18.0 Å². The van der Waals surface area contributed by atoms with E-state index in [0.29, 0.717) is 0 Å². The SMILES string of the molecule is C=CC(=O)OC12CC(F)(F)C(F)(F)C(F)(C(F)(F)C(F)(CF)C1(F)F)C2(F)F. The van der Waals surface area contributed by atoms with Gasteiger partial charge in [-0.2, -0.15) is 43.9 Å². The fraction of sp³-hybridized carbons (Fsp3) is 0.769. The van der Waals surface area contributed by atoms with Crippen LogP contribution in [0, 0.1) is 0 Å². The van der Waals surface area contributed by atoms with E-state index < -0.39 is 65.6 Å². The van der Waals surface area contributed by atoms with E-state index in [-0.39, 0.29) is 6.08 Å². The highest BCUT2D eigenvalue weighted by molar-refractivity contribution is 5.82. The quantitative estimate of drug-likeness (QED) is 0.367. The smallest absolute Gasteiger partial charge is 0.355 e. The molecule has 0 heterocycles. The predicted octanol–water partition coefficient (Wildman–Crippen LogP) is 4.43. The second-order valence-electron chi connectivity index (χ2n) is 6.22. The molecule has 3 unspecified atom stereocenters. The topological polar surface area (TPSA) is 26.3 Å². The molecule has 0 radical (unpaired) electrons. The summed E-state index contributed by atoms with van der Waals surface area (Å²) < 4.78 is 186. The van der Waals surface area contributed by atoms with E-state index in [1.54, 1.807) is 0 Å². The van der Waals surface area contributed by atoms with E-state index in [1.165, 1.54) is 0 Å². The lowest BCUT2D eigenvalue weighted by Gasteiger charge is -2.64. The van der Waals surface area contributed by atoms with Gasteiger partial charge in [0, 0.05) is 6.08 Å². The number of halogens is 13. The Labute approximate surface area is 146 Å². The van der Waals surface area contributed by atoms with E-state index in [2.05, 4.69) is 11.3 Å². The average Bonchev–Trinajstić information content (AvgIpc) is 2.55. The number of carbonyl (C=O) groups is 1. The molecule has 2 aliphatic rings. The van der Waals surface area contributed by atoms with Gasteiger partial charge in [0.2, 0.25) is 0 Å². The van der Waals surface area contributed by atoms with E-state index in [9.17, 15) is 61.9 Å². The Morgan fingerprint density at radius 1 is 0.821 bits per heavy atom. The van der Waals surface area contributed by atoms with E-state index in [0.717, 1.165) is 0 Å². The van der Waals surface area contributed by atoms with Crippen molar-refractivity contribution in [3.05, 3.63) is 12.7 Å². The largest absolute Gasteiger partial charge is 0.442 e. The molecular formula is C13H7F13O2. The molecule has 2 fully saturated rings. The third-order valence-corrected chi connectivity index (χ3v) is 4.86. The van der Waals surface area contributed by atoms with Crippen molar-refractivity contribution >= 4 is 5.97 Å². The zero-order valence-corrected chi connectivity index (χ0v) is 12.9. The monoisotopic (exact) mass is 442 g/mol. The summed E-state index contributed by atoms with van der Waals surface area (Å²) in [5, 5.41) is 0. The van der Waals surface area contributed by atoms with Crippen LogP contribution < -0.4 is 0 Å². The van der Waals surface area contributed by atoms with Crippen LogP contribution in [0.1, 0.15) is 6.42 Å². The van der Waals surface area contributed by atoms with Crippen molar-refractivity contribution in [2.75, 3.05) is 6.67 Å². The lowest BCUT2D eigenvalue weighted by molar-refractivity contribution is -0.516. The minimum atomic E-state index is -7.42. The molecule has 0 aromatic carbocycles. The summed E-state index contributed by atoms with van der Waals surface area (Å²) in [5.74, 6) is -37.4. The Morgan fingerprint density at radius 2 is 1.29 bits per heavy atom. The van der Waals surface area contributed by atoms with Crippen LogP contribution in [0.15, 0.2) is 12.7 Å². The molecule has 15 heteroatoms. The zero-order chi connectivity index (χ0) is 22.4. The fourth-order valence-electron chi connectivity index (χ4n) is 3.30. The Kier molecular flexibility index (Phi) is 4.24. The Bertz CT molecular complexity index is 719. The van der Waals surface area contributed by atoms with Gasteiger partial charge in [0.25, 0.3) is 11.3 Å². The summed E-state index contributed by atoms with van der Waals surface area (Å²) in [6.45, 7) is -1.29. The molecule has 0 saturated heterocycles. The van der Waals surface area contributed by atoms with Crippen molar-refractivity contribution in [3.8, 4) is 0 Å². The van der Waals surface area contributed by atoms with Crippen molar-refractivity contribution in [2.45, 2.75) is 53.0 Å². The van der Waals surface area contributed by atoms with Crippen LogP contribution in [0.3, 0.4) is 0 Å². The van der Waals surface area contributed by atoms with Crippen LogP contribution in [-0.4, -0.2) is 59.2 Å². The first-order chi connectivity index (χ1) is 12.2. The molecule has 0 aromatic heterocycles. The predicted molar refractivity (Wildman–Crippen MR) is 62.0 cm³/mol. The number of hydrogen-bond acceptors (Lipinski definition) is 2. The molecule has 2 rings (SSSR count). The van der Waals surface area contributed by atoms with Gasteiger partial charge in [0.05, 0.1) is 6.42 Å². The number of alkyl halides is 13. The summed E-state index contributed by atoms with van der Waals surface area (Å²) >= 11 is 0. The lowest BCUT2D eigenvalue weighted by Crippen LogP contribution is -2.95. The highest BCUT2D eigenvalue weighted by Gasteiger charge is 3.08. The van der Waals surface area contributed by atoms with Crippen molar-refractivity contribution in [3.63, 3.8) is 0 Å². The van der Waals surface area contributed by atoms with Crippen molar-refractivity contribution in [2.24, 2.45) is 0 Å². The Morgan fingerprint density at radius 3 is 1.68 bits per heavy atom. The summed E-state index contributed by atoms with van der Waals surface area (Å²) in [7, 11) is 0. The minimum Gasteiger partial charge on any atom is -0.442 e. The molecule has 162 valence electrons. The van der Waals surface area contributed by atoms with Gasteiger partial charge in [0.1, 0.15) is 6.67 Å². The zero-order valence-electron chi connectivity index (χ0n) is 12.9. The summed E-state index contributed by atoms with van der Waals surface area (Å²) in [5.41, 5.74) is -19.9. The van der Waals surface area contributed by atoms with Gasteiger partial charge < -0.3 is 4.74 Å². The number of ether oxygens (including phenoxy) is 1. The second kappa shape index (κ2) is 5.26. The number of esters is 1. The fourth-order valence-corrected chi connectivity index (χ4v) is 3.30. The maximum absolute atomic E-state index is 14.6. The van der Waals surface area contributed by atoms with E-state index in [1.807, 2.05) is 0 Å². The summed E-state index contributed by atoms with van der Waals surface area (Å²) in [6.07, 6.45) is -3.99. The van der Waals surface area contributed by atoms with Crippen molar-refractivity contribution < 1.29 is 66.6 Å². The first kappa shape index (κ1) is 22.6. The number of fused-ring (bicyclic) bond motifs is 2. The van der Waals surface area contributed by atoms with Gasteiger partial charge in [0.15, 0.2) is 0 Å². The average molecular weight is 442 g/mol. The van der Waals surface area contributed by atoms with Crippen LogP contribution in [0.4, 0.5) is 57.1 Å². The van der Waals surface area contributed by atoms with E-state index in [4.69, 9.17) is 0 Å². The van der Waals surface area contributed by atoms with Crippen molar-refractivity contribution in [1.29, 1.82) is 0 Å². The molecule has 2 aliphatic carbocycles. The van der Waals surface area contributed by atoms with Crippen molar-refractivity contribution in [1.82, 2.24) is 0 Å². The minimum absolute atomic E-state index is 0.284. The highest BCUT2D eigenvalue weighted by atomic mass is 19.3. The third kappa shape index (κ3) is 1.77. The van der Waals surface area contributed by atoms with Gasteiger partial charge in [-0.05, 0) is 0 Å². The molecule has 2 bridgehead atoms. The number of rotatable bonds is 3. The van der Waals surface area contributed by atoms with Crippen LogP contribution in [0.25, 0.3) is 0 Å². The normalized spacial score (nSPS) is 41.8. The maximum Gasteiger partial charge on any atom is 0.355 e. The molecule has 2 saturated carbocycles. The Hall–Kier alpha value is -1.70. The molecule has 0 N–H and O–H groups in total. The first-order valence-electron chi connectivity index (χ1n) is 6.91. The van der Waals surface area contributed by atoms with Crippen LogP contribution in [0.5, 0.6) is 0 Å². The summed E-state index contributed by atoms with van der Waals surface area (Å²) in [6, 6.07) is 0. The highest BCUT2D eigenvalue weighted by Crippen LogP contribution is 2.77. The molecule has 0 aromatic rings. The molecular weight excluding hydrogens is 435 g/mol. The van der Waals surface area contributed by atoms with Crippen LogP contribution in [0.2, 0.25) is 0 Å². The number of hydrogen-bond donors (Lipinski definition) is 0. The maximum atomic E-state index is 14.6. The van der Waals surface area contributed by atoms with Gasteiger partial charge in [-0.3, -0.25) is 0 Å². The van der Waals surface area contributed by atoms with Gasteiger partial charge in [-0.1, -0.05) is 6.58 Å².